The first-order chi connectivity index (χ1) is 12.7. The van der Waals surface area contributed by atoms with Crippen molar-refractivity contribution in [3.8, 4) is 5.82 Å². The van der Waals surface area contributed by atoms with Gasteiger partial charge in [-0.2, -0.15) is 5.10 Å². The molecule has 6 nitrogen and oxygen atoms in total. The molecule has 26 heavy (non-hydrogen) atoms. The van der Waals surface area contributed by atoms with Gasteiger partial charge >= 0.3 is 0 Å². The van der Waals surface area contributed by atoms with Crippen LogP contribution in [0.15, 0.2) is 66.0 Å². The number of nitrogens with one attached hydrogen (secondary N) is 2. The first-order valence-corrected chi connectivity index (χ1v) is 8.76. The molecule has 134 valence electrons. The van der Waals surface area contributed by atoms with E-state index in [1.807, 2.05) is 48.7 Å². The average molecular weight is 369 g/mol. The summed E-state index contributed by atoms with van der Waals surface area (Å²) in [5, 5.41) is 11.6. The Kier molecular flexibility index (Phi) is 6.22. The predicted molar refractivity (Wildman–Crippen MR) is 105 cm³/mol. The molecule has 0 aliphatic carbocycles. The summed E-state index contributed by atoms with van der Waals surface area (Å²) >= 11 is 5.91. The van der Waals surface area contributed by atoms with Crippen LogP contribution in [-0.2, 0) is 13.0 Å². The molecule has 0 amide bonds. The zero-order chi connectivity index (χ0) is 18.2. The monoisotopic (exact) mass is 368 g/mol. The van der Waals surface area contributed by atoms with Crippen molar-refractivity contribution in [2.24, 2.45) is 4.99 Å². The van der Waals surface area contributed by atoms with Crippen molar-refractivity contribution in [3.05, 3.63) is 77.2 Å². The van der Waals surface area contributed by atoms with Gasteiger partial charge in [0.1, 0.15) is 0 Å². The molecule has 2 N–H and O–H groups in total. The van der Waals surface area contributed by atoms with Crippen molar-refractivity contribution >= 4 is 17.6 Å². The molecule has 0 bridgehead atoms. The molecule has 2 heterocycles. The predicted octanol–water partition coefficient (Wildman–Crippen LogP) is 2.83. The van der Waals surface area contributed by atoms with E-state index in [2.05, 4.69) is 25.7 Å². The Morgan fingerprint density at radius 2 is 1.96 bits per heavy atom. The number of aliphatic imine (C=N–C) groups is 1. The van der Waals surface area contributed by atoms with Gasteiger partial charge < -0.3 is 10.6 Å². The van der Waals surface area contributed by atoms with Crippen LogP contribution in [0, 0.1) is 0 Å². The lowest BCUT2D eigenvalue weighted by molar-refractivity contribution is 0.789. The normalized spacial score (nSPS) is 11.4. The third kappa shape index (κ3) is 5.07. The van der Waals surface area contributed by atoms with Crippen molar-refractivity contribution in [2.45, 2.75) is 13.0 Å². The molecule has 0 unspecified atom stereocenters. The van der Waals surface area contributed by atoms with Crippen LogP contribution in [0.5, 0.6) is 0 Å². The first-order valence-electron chi connectivity index (χ1n) is 8.38. The molecule has 7 heteroatoms. The minimum atomic E-state index is 0.650. The number of halogens is 1. The Hall–Kier alpha value is -2.86. The molecule has 0 saturated heterocycles. The van der Waals surface area contributed by atoms with Crippen LogP contribution in [0.2, 0.25) is 5.02 Å². The summed E-state index contributed by atoms with van der Waals surface area (Å²) in [5.41, 5.74) is 2.33. The Morgan fingerprint density at radius 3 is 2.69 bits per heavy atom. The molecular weight excluding hydrogens is 348 g/mol. The van der Waals surface area contributed by atoms with E-state index in [9.17, 15) is 0 Å². The quantitative estimate of drug-likeness (QED) is 0.518. The minimum absolute atomic E-state index is 0.650. The molecule has 0 spiro atoms. The van der Waals surface area contributed by atoms with E-state index in [1.54, 1.807) is 24.1 Å². The van der Waals surface area contributed by atoms with Gasteiger partial charge in [0.05, 0.1) is 0 Å². The summed E-state index contributed by atoms with van der Waals surface area (Å²) in [7, 11) is 1.76. The smallest absolute Gasteiger partial charge is 0.191 e. The van der Waals surface area contributed by atoms with Crippen molar-refractivity contribution < 1.29 is 0 Å². The second-order valence-corrected chi connectivity index (χ2v) is 6.14. The molecule has 1 aromatic carbocycles. The highest BCUT2D eigenvalue weighted by Crippen LogP contribution is 2.09. The second kappa shape index (κ2) is 9.01. The third-order valence-electron chi connectivity index (χ3n) is 3.85. The van der Waals surface area contributed by atoms with E-state index in [4.69, 9.17) is 11.6 Å². The van der Waals surface area contributed by atoms with E-state index >= 15 is 0 Å². The average Bonchev–Trinajstić information content (AvgIpc) is 3.21. The third-order valence-corrected chi connectivity index (χ3v) is 4.10. The lowest BCUT2D eigenvalue weighted by atomic mass is 10.1. The van der Waals surface area contributed by atoms with Crippen molar-refractivity contribution in [3.63, 3.8) is 0 Å². The molecule has 0 aliphatic rings. The summed E-state index contributed by atoms with van der Waals surface area (Å²) in [4.78, 5) is 8.60. The van der Waals surface area contributed by atoms with Gasteiger partial charge in [-0.3, -0.25) is 4.99 Å². The summed E-state index contributed by atoms with van der Waals surface area (Å²) in [6, 6.07) is 13.7. The Balaban J connectivity index is 1.49. The number of pyridine rings is 1. The molecule has 3 rings (SSSR count). The summed E-state index contributed by atoms with van der Waals surface area (Å²) in [6.45, 7) is 1.44. The van der Waals surface area contributed by atoms with E-state index in [0.29, 0.717) is 6.54 Å². The highest BCUT2D eigenvalue weighted by molar-refractivity contribution is 6.30. The van der Waals surface area contributed by atoms with Gasteiger partial charge in [0.25, 0.3) is 0 Å². The van der Waals surface area contributed by atoms with Crippen LogP contribution in [0.25, 0.3) is 5.82 Å². The molecule has 0 atom stereocenters. The fraction of sp³-hybridized carbons (Fsp3) is 0.211. The molecule has 0 fully saturated rings. The maximum absolute atomic E-state index is 5.91. The highest BCUT2D eigenvalue weighted by Gasteiger charge is 2.02. The highest BCUT2D eigenvalue weighted by atomic mass is 35.5. The zero-order valence-corrected chi connectivity index (χ0v) is 15.3. The lowest BCUT2D eigenvalue weighted by Crippen LogP contribution is -2.37. The van der Waals surface area contributed by atoms with Crippen LogP contribution in [0.1, 0.15) is 11.1 Å². The van der Waals surface area contributed by atoms with E-state index in [1.165, 1.54) is 5.56 Å². The van der Waals surface area contributed by atoms with Gasteiger partial charge in [-0.1, -0.05) is 23.7 Å². The van der Waals surface area contributed by atoms with E-state index in [-0.39, 0.29) is 0 Å². The second-order valence-electron chi connectivity index (χ2n) is 5.70. The van der Waals surface area contributed by atoms with Crippen LogP contribution >= 0.6 is 11.6 Å². The fourth-order valence-electron chi connectivity index (χ4n) is 2.48. The Morgan fingerprint density at radius 1 is 1.12 bits per heavy atom. The number of hydrogen-bond acceptors (Lipinski definition) is 3. The van der Waals surface area contributed by atoms with Crippen molar-refractivity contribution in [1.82, 2.24) is 25.4 Å². The van der Waals surface area contributed by atoms with Crippen LogP contribution in [0.3, 0.4) is 0 Å². The van der Waals surface area contributed by atoms with Gasteiger partial charge in [0.15, 0.2) is 11.8 Å². The molecule has 2 aromatic heterocycles. The lowest BCUT2D eigenvalue weighted by Gasteiger charge is -2.12. The molecule has 3 aromatic rings. The standard InChI is InChI=1S/C19H21ClN6/c1-21-19(23-11-7-15-3-5-17(20)6-4-15)24-14-16-8-10-22-18(13-16)26-12-2-9-25-26/h2-6,8-10,12-13H,7,11,14H2,1H3,(H2,21,23,24). The topological polar surface area (TPSA) is 67.1 Å². The largest absolute Gasteiger partial charge is 0.356 e. The van der Waals surface area contributed by atoms with Crippen molar-refractivity contribution in [2.75, 3.05) is 13.6 Å². The summed E-state index contributed by atoms with van der Waals surface area (Å²) in [5.74, 6) is 1.55. The van der Waals surface area contributed by atoms with Gasteiger partial charge in [-0.05, 0) is 47.9 Å². The van der Waals surface area contributed by atoms with E-state index in [0.717, 1.165) is 35.3 Å². The number of guanidine groups is 1. The Bertz CT molecular complexity index is 843. The maximum Gasteiger partial charge on any atom is 0.191 e. The first kappa shape index (κ1) is 17.9. The van der Waals surface area contributed by atoms with Crippen LogP contribution in [-0.4, -0.2) is 34.3 Å². The molecular formula is C19H21ClN6. The molecule has 0 aliphatic heterocycles. The van der Waals surface area contributed by atoms with Gasteiger partial charge in [0, 0.05) is 43.8 Å². The summed E-state index contributed by atoms with van der Waals surface area (Å²) < 4.78 is 1.74. The SMILES string of the molecule is CN=C(NCCc1ccc(Cl)cc1)NCc1ccnc(-n2cccn2)c1. The van der Waals surface area contributed by atoms with Crippen molar-refractivity contribution in [1.29, 1.82) is 0 Å². The van der Waals surface area contributed by atoms with Gasteiger partial charge in [-0.25, -0.2) is 9.67 Å². The maximum atomic E-state index is 5.91. The van der Waals surface area contributed by atoms with Crippen LogP contribution in [0.4, 0.5) is 0 Å². The summed E-state index contributed by atoms with van der Waals surface area (Å²) in [6.07, 6.45) is 6.29. The molecule has 0 saturated carbocycles. The number of nitrogens with zero attached hydrogens (tertiary/aromatic N) is 4. The van der Waals surface area contributed by atoms with E-state index < -0.39 is 0 Å². The zero-order valence-electron chi connectivity index (χ0n) is 14.6. The number of aromatic nitrogens is 3. The fourth-order valence-corrected chi connectivity index (χ4v) is 2.61. The minimum Gasteiger partial charge on any atom is -0.356 e. The van der Waals surface area contributed by atoms with Crippen LogP contribution < -0.4 is 10.6 Å². The van der Waals surface area contributed by atoms with Gasteiger partial charge in [-0.15, -0.1) is 0 Å². The molecule has 0 radical (unpaired) electrons. The number of rotatable bonds is 6. The number of hydrogen-bond donors (Lipinski definition) is 2. The van der Waals surface area contributed by atoms with Gasteiger partial charge in [0.2, 0.25) is 0 Å². The Labute approximate surface area is 157 Å². The number of benzene rings is 1.